The Morgan fingerprint density at radius 3 is 2.31 bits per heavy atom. The summed E-state index contributed by atoms with van der Waals surface area (Å²) in [6, 6.07) is 0. The van der Waals surface area contributed by atoms with Gasteiger partial charge in [-0.1, -0.05) is 11.3 Å². The predicted molar refractivity (Wildman–Crippen MR) is 58.3 cm³/mol. The molecule has 0 fully saturated rings. The van der Waals surface area contributed by atoms with Gasteiger partial charge in [-0.3, -0.25) is 0 Å². The van der Waals surface area contributed by atoms with Crippen molar-refractivity contribution in [1.29, 1.82) is 5.26 Å². The van der Waals surface area contributed by atoms with Gasteiger partial charge in [0.2, 0.25) is 28.4 Å². The van der Waals surface area contributed by atoms with E-state index in [-0.39, 0.29) is 4.34 Å². The third-order valence-corrected chi connectivity index (χ3v) is 7.10. The number of rotatable bonds is 4. The van der Waals surface area contributed by atoms with Gasteiger partial charge in [0.05, 0.1) is 0 Å². The molecule has 0 saturated heterocycles. The molecule has 0 saturated carbocycles. The molecule has 7 nitrogen and oxygen atoms in total. The van der Waals surface area contributed by atoms with E-state index in [4.69, 9.17) is 5.26 Å². The van der Waals surface area contributed by atoms with Gasteiger partial charge in [0, 0.05) is 6.26 Å². The molecule has 16 heavy (non-hydrogen) atoms. The Kier molecular flexibility index (Phi) is 3.89. The lowest BCUT2D eigenvalue weighted by atomic mass is 11.5. The van der Waals surface area contributed by atoms with Gasteiger partial charge in [0.25, 0.3) is 0 Å². The normalized spacial score (nSPS) is 12.2. The minimum atomic E-state index is -3.74. The number of sulfone groups is 2. The highest BCUT2D eigenvalue weighted by Crippen LogP contribution is 2.22. The van der Waals surface area contributed by atoms with Crippen molar-refractivity contribution < 1.29 is 16.8 Å². The maximum Gasteiger partial charge on any atom is 0.234 e. The van der Waals surface area contributed by atoms with Crippen LogP contribution >= 0.6 is 23.1 Å². The predicted octanol–water partition coefficient (Wildman–Crippen LogP) is -0.113. The first-order chi connectivity index (χ1) is 7.27. The Labute approximate surface area is 100 Å². The summed E-state index contributed by atoms with van der Waals surface area (Å²) in [6.07, 6.45) is 0.911. The van der Waals surface area contributed by atoms with Gasteiger partial charge in [-0.2, -0.15) is 5.26 Å². The van der Waals surface area contributed by atoms with Crippen molar-refractivity contribution in [3.63, 3.8) is 0 Å². The molecule has 0 atom stereocenters. The summed E-state index contributed by atoms with van der Waals surface area (Å²) in [5.41, 5.74) is 0. The van der Waals surface area contributed by atoms with E-state index < -0.39 is 29.1 Å². The summed E-state index contributed by atoms with van der Waals surface area (Å²) in [7, 11) is -7.30. The fourth-order valence-corrected chi connectivity index (χ4v) is 4.71. The molecule has 0 radical (unpaired) electrons. The first kappa shape index (κ1) is 13.4. The number of nitrogens with zero attached hydrogens (tertiary/aromatic N) is 3. The maximum absolute atomic E-state index is 11.5. The molecule has 88 valence electrons. The molecule has 1 aromatic rings. The van der Waals surface area contributed by atoms with Gasteiger partial charge in [0.15, 0.2) is 0 Å². The molecule has 0 aliphatic rings. The van der Waals surface area contributed by atoms with Crippen molar-refractivity contribution in [2.24, 2.45) is 0 Å². The van der Waals surface area contributed by atoms with Crippen LogP contribution in [0, 0.1) is 10.7 Å². The van der Waals surface area contributed by atoms with Gasteiger partial charge < -0.3 is 0 Å². The van der Waals surface area contributed by atoms with Crippen LogP contribution in [0.5, 0.6) is 0 Å². The Hall–Kier alpha value is -0.700. The van der Waals surface area contributed by atoms with E-state index in [9.17, 15) is 16.8 Å². The second kappa shape index (κ2) is 4.66. The van der Waals surface area contributed by atoms with Gasteiger partial charge in [0.1, 0.15) is 10.5 Å². The van der Waals surface area contributed by atoms with Crippen molar-refractivity contribution >= 4 is 42.8 Å². The van der Waals surface area contributed by atoms with E-state index in [2.05, 4.69) is 10.2 Å². The maximum atomic E-state index is 11.5. The standard InChI is InChI=1S/C5H5N3O4S4/c1-15(9,10)4-7-8-5(14-4)16(11,12)3-13-2-6/h3H2,1H3. The molecule has 1 heterocycles. The Morgan fingerprint density at radius 2 is 1.88 bits per heavy atom. The SMILES string of the molecule is CS(=O)(=O)c1nnc(S(=O)(=O)CSC#N)s1. The summed E-state index contributed by atoms with van der Waals surface area (Å²) in [6.45, 7) is 0. The smallest absolute Gasteiger partial charge is 0.221 e. The third-order valence-electron chi connectivity index (χ3n) is 1.25. The van der Waals surface area contributed by atoms with Crippen LogP contribution in [0.25, 0.3) is 0 Å². The number of hydrogen-bond acceptors (Lipinski definition) is 9. The van der Waals surface area contributed by atoms with E-state index in [0.717, 1.165) is 6.26 Å². The monoisotopic (exact) mass is 299 g/mol. The minimum absolute atomic E-state index is 0.354. The Morgan fingerprint density at radius 1 is 1.31 bits per heavy atom. The van der Waals surface area contributed by atoms with Crippen LogP contribution in [-0.2, 0) is 19.7 Å². The average molecular weight is 299 g/mol. The van der Waals surface area contributed by atoms with Gasteiger partial charge in [-0.05, 0) is 11.8 Å². The number of aromatic nitrogens is 2. The van der Waals surface area contributed by atoms with E-state index in [0.29, 0.717) is 23.1 Å². The highest BCUT2D eigenvalue weighted by Gasteiger charge is 2.23. The molecule has 1 rings (SSSR count). The molecule has 0 aliphatic heterocycles. The van der Waals surface area contributed by atoms with Gasteiger partial charge in [-0.15, -0.1) is 10.2 Å². The summed E-state index contributed by atoms with van der Waals surface area (Å²) in [5.74, 6) is 0. The lowest BCUT2D eigenvalue weighted by Gasteiger charge is -1.92. The van der Waals surface area contributed by atoms with Crippen LogP contribution in [0.4, 0.5) is 0 Å². The third kappa shape index (κ3) is 3.14. The molecule has 11 heteroatoms. The molecule has 0 spiro atoms. The van der Waals surface area contributed by atoms with Crippen molar-refractivity contribution in [3.8, 4) is 5.40 Å². The van der Waals surface area contributed by atoms with Gasteiger partial charge >= 0.3 is 0 Å². The van der Waals surface area contributed by atoms with Crippen molar-refractivity contribution in [1.82, 2.24) is 10.2 Å². The lowest BCUT2D eigenvalue weighted by Crippen LogP contribution is -2.02. The first-order valence-electron chi connectivity index (χ1n) is 3.54. The molecule has 0 N–H and O–H groups in total. The minimum Gasteiger partial charge on any atom is -0.221 e. The van der Waals surface area contributed by atoms with Gasteiger partial charge in [-0.25, -0.2) is 16.8 Å². The molecule has 0 aliphatic carbocycles. The van der Waals surface area contributed by atoms with Crippen LogP contribution < -0.4 is 0 Å². The van der Waals surface area contributed by atoms with Crippen LogP contribution in [0.2, 0.25) is 0 Å². The molecular formula is C5H5N3O4S4. The number of nitriles is 1. The Balaban J connectivity index is 3.09. The summed E-state index contributed by atoms with van der Waals surface area (Å²) < 4.78 is 44.3. The summed E-state index contributed by atoms with van der Waals surface area (Å²) in [4.78, 5) is 0. The first-order valence-corrected chi connectivity index (χ1v) is 8.89. The molecule has 1 aromatic heterocycles. The van der Waals surface area contributed by atoms with Crippen molar-refractivity contribution in [3.05, 3.63) is 0 Å². The van der Waals surface area contributed by atoms with E-state index >= 15 is 0 Å². The number of hydrogen-bond donors (Lipinski definition) is 0. The molecule has 0 unspecified atom stereocenters. The van der Waals surface area contributed by atoms with Crippen molar-refractivity contribution in [2.45, 2.75) is 8.68 Å². The van der Waals surface area contributed by atoms with Crippen LogP contribution in [0.3, 0.4) is 0 Å². The zero-order valence-corrected chi connectivity index (χ0v) is 11.1. The van der Waals surface area contributed by atoms with E-state index in [1.165, 1.54) is 0 Å². The quantitative estimate of drug-likeness (QED) is 0.706. The van der Waals surface area contributed by atoms with Crippen LogP contribution in [0.15, 0.2) is 8.68 Å². The molecule has 0 amide bonds. The van der Waals surface area contributed by atoms with Crippen molar-refractivity contribution in [2.75, 3.05) is 11.3 Å². The van der Waals surface area contributed by atoms with Crippen LogP contribution in [-0.4, -0.2) is 38.4 Å². The number of thioether (sulfide) groups is 1. The topological polar surface area (TPSA) is 118 Å². The highest BCUT2D eigenvalue weighted by molar-refractivity contribution is 8.15. The van der Waals surface area contributed by atoms with E-state index in [1.807, 2.05) is 0 Å². The summed E-state index contributed by atoms with van der Waals surface area (Å²) in [5, 5.41) is 15.9. The molecule has 0 bridgehead atoms. The fraction of sp³-hybridized carbons (Fsp3) is 0.400. The second-order valence-electron chi connectivity index (χ2n) is 2.57. The highest BCUT2D eigenvalue weighted by atomic mass is 32.3. The molecular weight excluding hydrogens is 294 g/mol. The largest absolute Gasteiger partial charge is 0.234 e. The average Bonchev–Trinajstić information content (AvgIpc) is 2.63. The number of thiocyanates is 1. The Bertz CT molecular complexity index is 623. The summed E-state index contributed by atoms with van der Waals surface area (Å²) >= 11 is 1.01. The zero-order valence-electron chi connectivity index (χ0n) is 7.81. The van der Waals surface area contributed by atoms with Crippen LogP contribution in [0.1, 0.15) is 0 Å². The second-order valence-corrected chi connectivity index (χ2v) is 9.03. The zero-order chi connectivity index (χ0) is 12.4. The fourth-order valence-electron chi connectivity index (χ4n) is 0.627. The van der Waals surface area contributed by atoms with E-state index in [1.54, 1.807) is 5.40 Å². The molecule has 0 aromatic carbocycles. The lowest BCUT2D eigenvalue weighted by molar-refractivity contribution is 0.594.